The highest BCUT2D eigenvalue weighted by Gasteiger charge is 2.31. The van der Waals surface area contributed by atoms with Gasteiger partial charge >= 0.3 is 0 Å². The molecule has 2 aromatic rings. The number of benzene rings is 2. The molecule has 1 aliphatic heterocycles. The molecular weight excluding hydrogens is 344 g/mol. The van der Waals surface area contributed by atoms with Crippen LogP contribution in [0, 0.1) is 0 Å². The number of carbonyl (C=O) groups excluding carboxylic acids is 2. The first-order valence-electron chi connectivity index (χ1n) is 8.88. The van der Waals surface area contributed by atoms with Crippen molar-refractivity contribution in [3.8, 4) is 5.75 Å². The monoisotopic (exact) mass is 368 g/mol. The van der Waals surface area contributed by atoms with Crippen molar-refractivity contribution in [1.82, 2.24) is 5.32 Å². The third-order valence-corrected chi connectivity index (χ3v) is 4.69. The van der Waals surface area contributed by atoms with Crippen molar-refractivity contribution >= 4 is 17.5 Å². The van der Waals surface area contributed by atoms with E-state index in [2.05, 4.69) is 5.32 Å². The number of nitrogens with zero attached hydrogens (tertiary/aromatic N) is 1. The zero-order valence-corrected chi connectivity index (χ0v) is 15.8. The number of hydrogen-bond donors (Lipinski definition) is 1. The van der Waals surface area contributed by atoms with Crippen LogP contribution in [0.15, 0.2) is 42.5 Å². The predicted molar refractivity (Wildman–Crippen MR) is 103 cm³/mol. The third-order valence-electron chi connectivity index (χ3n) is 4.69. The highest BCUT2D eigenvalue weighted by atomic mass is 16.5. The molecule has 6 nitrogen and oxygen atoms in total. The fourth-order valence-corrected chi connectivity index (χ4v) is 3.33. The maximum Gasteiger partial charge on any atom is 0.258 e. The van der Waals surface area contributed by atoms with Crippen molar-refractivity contribution in [2.75, 3.05) is 25.7 Å². The summed E-state index contributed by atoms with van der Waals surface area (Å²) < 4.78 is 9.98. The van der Waals surface area contributed by atoms with Gasteiger partial charge in [0.15, 0.2) is 0 Å². The molecule has 0 unspecified atom stereocenters. The number of rotatable bonds is 6. The number of carbonyl (C=O) groups is 2. The second kappa shape index (κ2) is 8.22. The molecule has 0 saturated heterocycles. The van der Waals surface area contributed by atoms with Gasteiger partial charge in [0.1, 0.15) is 12.4 Å². The standard InChI is InChI=1S/C21H24N2O4/c1-14-10-17-5-4-15(12-22-20(24)13-26-2)11-19(17)23(14)21(25)16-6-8-18(27-3)9-7-16/h4-9,11,14H,10,12-13H2,1-3H3,(H,22,24)/t14-/m1/s1. The van der Waals surface area contributed by atoms with Crippen molar-refractivity contribution in [3.63, 3.8) is 0 Å². The Labute approximate surface area is 159 Å². The average molecular weight is 368 g/mol. The van der Waals surface area contributed by atoms with Crippen LogP contribution in [0.3, 0.4) is 0 Å². The molecule has 2 amide bonds. The summed E-state index contributed by atoms with van der Waals surface area (Å²) in [4.78, 5) is 26.5. The van der Waals surface area contributed by atoms with Crippen molar-refractivity contribution < 1.29 is 19.1 Å². The first-order chi connectivity index (χ1) is 13.0. The molecule has 0 aromatic heterocycles. The molecule has 0 bridgehead atoms. The van der Waals surface area contributed by atoms with Crippen LogP contribution in [0.25, 0.3) is 0 Å². The lowest BCUT2D eigenvalue weighted by atomic mass is 10.1. The number of fused-ring (bicyclic) bond motifs is 1. The number of hydrogen-bond acceptors (Lipinski definition) is 4. The Bertz CT molecular complexity index is 833. The van der Waals surface area contributed by atoms with E-state index in [1.807, 2.05) is 30.0 Å². The van der Waals surface area contributed by atoms with E-state index >= 15 is 0 Å². The van der Waals surface area contributed by atoms with Gasteiger partial charge in [0.2, 0.25) is 5.91 Å². The molecule has 2 aromatic carbocycles. The fourth-order valence-electron chi connectivity index (χ4n) is 3.33. The maximum atomic E-state index is 13.1. The van der Waals surface area contributed by atoms with E-state index in [9.17, 15) is 9.59 Å². The van der Waals surface area contributed by atoms with Gasteiger partial charge in [-0.25, -0.2) is 0 Å². The largest absolute Gasteiger partial charge is 0.497 e. The van der Waals surface area contributed by atoms with Crippen molar-refractivity contribution in [3.05, 3.63) is 59.2 Å². The van der Waals surface area contributed by atoms with Gasteiger partial charge in [0.25, 0.3) is 5.91 Å². The van der Waals surface area contributed by atoms with Crippen LogP contribution >= 0.6 is 0 Å². The minimum absolute atomic E-state index is 0.0318. The fraction of sp³-hybridized carbons (Fsp3) is 0.333. The van der Waals surface area contributed by atoms with Gasteiger partial charge in [-0.05, 0) is 54.8 Å². The average Bonchev–Trinajstić information content (AvgIpc) is 3.01. The van der Waals surface area contributed by atoms with Crippen LogP contribution in [0.4, 0.5) is 5.69 Å². The molecular formula is C21H24N2O4. The highest BCUT2D eigenvalue weighted by Crippen LogP contribution is 2.34. The summed E-state index contributed by atoms with van der Waals surface area (Å²) in [5.41, 5.74) is 3.60. The van der Waals surface area contributed by atoms with E-state index in [1.54, 1.807) is 31.4 Å². The first-order valence-corrected chi connectivity index (χ1v) is 8.88. The second-order valence-corrected chi connectivity index (χ2v) is 6.63. The van der Waals surface area contributed by atoms with Gasteiger partial charge in [0.05, 0.1) is 7.11 Å². The molecule has 3 rings (SSSR count). The Kier molecular flexibility index (Phi) is 5.76. The molecule has 1 N–H and O–H groups in total. The minimum Gasteiger partial charge on any atom is -0.497 e. The summed E-state index contributed by atoms with van der Waals surface area (Å²) in [5, 5.41) is 2.81. The lowest BCUT2D eigenvalue weighted by Gasteiger charge is -2.23. The van der Waals surface area contributed by atoms with Crippen LogP contribution < -0.4 is 15.0 Å². The molecule has 1 heterocycles. The maximum absolute atomic E-state index is 13.1. The van der Waals surface area contributed by atoms with Crippen LogP contribution in [-0.2, 0) is 22.5 Å². The van der Waals surface area contributed by atoms with E-state index < -0.39 is 0 Å². The van der Waals surface area contributed by atoms with E-state index in [0.717, 1.165) is 29.0 Å². The molecule has 142 valence electrons. The molecule has 1 aliphatic rings. The Balaban J connectivity index is 1.81. The summed E-state index contributed by atoms with van der Waals surface area (Å²) in [5.74, 6) is 0.512. The zero-order valence-electron chi connectivity index (χ0n) is 15.8. The van der Waals surface area contributed by atoms with Crippen LogP contribution in [-0.4, -0.2) is 38.7 Å². The van der Waals surface area contributed by atoms with Crippen molar-refractivity contribution in [2.45, 2.75) is 25.9 Å². The lowest BCUT2D eigenvalue weighted by molar-refractivity contribution is -0.124. The number of amides is 2. The summed E-state index contributed by atoms with van der Waals surface area (Å²) >= 11 is 0. The molecule has 0 aliphatic carbocycles. The first kappa shape index (κ1) is 18.9. The Morgan fingerprint density at radius 1 is 1.15 bits per heavy atom. The van der Waals surface area contributed by atoms with E-state index in [0.29, 0.717) is 12.1 Å². The smallest absolute Gasteiger partial charge is 0.258 e. The number of ether oxygens (including phenoxy) is 2. The van der Waals surface area contributed by atoms with Crippen LogP contribution in [0.5, 0.6) is 5.75 Å². The Morgan fingerprint density at radius 2 is 1.89 bits per heavy atom. The van der Waals surface area contributed by atoms with Crippen molar-refractivity contribution in [2.24, 2.45) is 0 Å². The topological polar surface area (TPSA) is 67.9 Å². The van der Waals surface area contributed by atoms with Gasteiger partial charge < -0.3 is 19.7 Å². The second-order valence-electron chi connectivity index (χ2n) is 6.63. The summed E-state index contributed by atoms with van der Waals surface area (Å²) in [7, 11) is 3.08. The SMILES string of the molecule is COCC(=O)NCc1ccc2c(c1)N(C(=O)c1ccc(OC)cc1)[C@H](C)C2. The normalized spacial score (nSPS) is 15.4. The Hall–Kier alpha value is -2.86. The van der Waals surface area contributed by atoms with Gasteiger partial charge in [-0.15, -0.1) is 0 Å². The Morgan fingerprint density at radius 3 is 2.56 bits per heavy atom. The van der Waals surface area contributed by atoms with Gasteiger partial charge in [-0.3, -0.25) is 9.59 Å². The number of anilines is 1. The van der Waals surface area contributed by atoms with Gasteiger partial charge in [-0.2, -0.15) is 0 Å². The highest BCUT2D eigenvalue weighted by molar-refractivity contribution is 6.07. The molecule has 1 atom stereocenters. The number of nitrogens with one attached hydrogen (secondary N) is 1. The van der Waals surface area contributed by atoms with Gasteiger partial charge in [-0.1, -0.05) is 12.1 Å². The molecule has 6 heteroatoms. The number of methoxy groups -OCH3 is 2. The summed E-state index contributed by atoms with van der Waals surface area (Å²) in [6, 6.07) is 13.2. The van der Waals surface area contributed by atoms with E-state index in [1.165, 1.54) is 7.11 Å². The molecule has 0 fully saturated rings. The summed E-state index contributed by atoms with van der Waals surface area (Å²) in [6.45, 7) is 2.47. The molecule has 27 heavy (non-hydrogen) atoms. The van der Waals surface area contributed by atoms with Crippen molar-refractivity contribution in [1.29, 1.82) is 0 Å². The zero-order chi connectivity index (χ0) is 19.4. The lowest BCUT2D eigenvalue weighted by Crippen LogP contribution is -2.35. The summed E-state index contributed by atoms with van der Waals surface area (Å²) in [6.07, 6.45) is 0.813. The quantitative estimate of drug-likeness (QED) is 0.851. The molecule has 0 radical (unpaired) electrons. The van der Waals surface area contributed by atoms with E-state index in [-0.39, 0.29) is 24.5 Å². The van der Waals surface area contributed by atoms with E-state index in [4.69, 9.17) is 9.47 Å². The van der Waals surface area contributed by atoms with Gasteiger partial charge in [0, 0.05) is 30.9 Å². The van der Waals surface area contributed by atoms with Crippen LogP contribution in [0.1, 0.15) is 28.4 Å². The third kappa shape index (κ3) is 4.11. The minimum atomic E-state index is -0.169. The molecule has 0 saturated carbocycles. The van der Waals surface area contributed by atoms with Crippen LogP contribution in [0.2, 0.25) is 0 Å². The predicted octanol–water partition coefficient (Wildman–Crippen LogP) is 2.55. The molecule has 0 spiro atoms.